The first-order valence-corrected chi connectivity index (χ1v) is 8.34. The number of nitrogens with one attached hydrogen (secondary N) is 1. The molecule has 0 amide bonds. The number of rotatable bonds is 6. The van der Waals surface area contributed by atoms with Crippen LogP contribution in [0.3, 0.4) is 0 Å². The number of esters is 1. The number of anilines is 2. The summed E-state index contributed by atoms with van der Waals surface area (Å²) in [6.07, 6.45) is 1.49. The van der Waals surface area contributed by atoms with Crippen molar-refractivity contribution in [3.63, 3.8) is 0 Å². The summed E-state index contributed by atoms with van der Waals surface area (Å²) >= 11 is 0. The van der Waals surface area contributed by atoms with Gasteiger partial charge in [-0.15, -0.1) is 0 Å². The molecule has 0 spiro atoms. The van der Waals surface area contributed by atoms with Gasteiger partial charge in [0.15, 0.2) is 0 Å². The first-order valence-electron chi connectivity index (χ1n) is 8.34. The van der Waals surface area contributed by atoms with E-state index in [2.05, 4.69) is 16.9 Å². The normalized spacial score (nSPS) is 10.2. The van der Waals surface area contributed by atoms with Gasteiger partial charge in [-0.3, -0.25) is 10.1 Å². The second-order valence-corrected chi connectivity index (χ2v) is 5.88. The van der Waals surface area contributed by atoms with Gasteiger partial charge in [-0.25, -0.2) is 9.78 Å². The number of hydrogen-bond donors (Lipinski definition) is 1. The molecule has 0 atom stereocenters. The van der Waals surface area contributed by atoms with Crippen LogP contribution < -0.4 is 5.32 Å². The number of aromatic nitrogens is 1. The summed E-state index contributed by atoms with van der Waals surface area (Å²) in [5.41, 5.74) is 3.19. The minimum absolute atomic E-state index is 0.107. The predicted molar refractivity (Wildman–Crippen MR) is 107 cm³/mol. The summed E-state index contributed by atoms with van der Waals surface area (Å²) in [6.45, 7) is 3.77. The van der Waals surface area contributed by atoms with E-state index < -0.39 is 10.9 Å². The summed E-state index contributed by atoms with van der Waals surface area (Å²) in [6, 6.07) is 17.6. The van der Waals surface area contributed by atoms with Crippen LogP contribution in [-0.2, 0) is 9.53 Å². The van der Waals surface area contributed by atoms with E-state index >= 15 is 0 Å². The van der Waals surface area contributed by atoms with E-state index in [-0.39, 0.29) is 17.1 Å². The lowest BCUT2D eigenvalue weighted by Gasteiger charge is -2.10. The molecule has 3 rings (SSSR count). The molecule has 2 aromatic carbocycles. The van der Waals surface area contributed by atoms with Gasteiger partial charge in [0.2, 0.25) is 5.82 Å². The van der Waals surface area contributed by atoms with E-state index in [0.29, 0.717) is 11.3 Å². The molecule has 1 heterocycles. The highest BCUT2D eigenvalue weighted by atomic mass is 16.6. The molecule has 0 aliphatic heterocycles. The maximum Gasteiger partial charge on any atom is 0.337 e. The Morgan fingerprint density at radius 2 is 1.82 bits per heavy atom. The smallest absolute Gasteiger partial charge is 0.337 e. The van der Waals surface area contributed by atoms with Gasteiger partial charge in [0, 0.05) is 18.0 Å². The van der Waals surface area contributed by atoms with Crippen molar-refractivity contribution >= 4 is 28.7 Å². The van der Waals surface area contributed by atoms with Crippen LogP contribution in [0.15, 0.2) is 73.4 Å². The molecule has 0 saturated heterocycles. The average Bonchev–Trinajstić information content (AvgIpc) is 2.73. The SMILES string of the molecule is C=C(C(=O)OC)c1cccc(-c2cccc(Nc3ncccc3[N+](=O)[O-])c2)c1. The molecule has 0 fully saturated rings. The molecular weight excluding hydrogens is 358 g/mol. The van der Waals surface area contributed by atoms with Gasteiger partial charge >= 0.3 is 11.7 Å². The largest absolute Gasteiger partial charge is 0.465 e. The number of hydrogen-bond acceptors (Lipinski definition) is 6. The first kappa shape index (κ1) is 18.8. The Bertz CT molecular complexity index is 1060. The van der Waals surface area contributed by atoms with Crippen molar-refractivity contribution in [2.75, 3.05) is 12.4 Å². The Balaban J connectivity index is 1.92. The fourth-order valence-corrected chi connectivity index (χ4v) is 2.68. The fraction of sp³-hybridized carbons (Fsp3) is 0.0476. The van der Waals surface area contributed by atoms with Crippen molar-refractivity contribution in [1.29, 1.82) is 0 Å². The van der Waals surface area contributed by atoms with Gasteiger partial charge in [0.1, 0.15) is 0 Å². The number of nitrogens with zero attached hydrogens (tertiary/aromatic N) is 2. The Hall–Kier alpha value is -4.00. The van der Waals surface area contributed by atoms with Gasteiger partial charge in [-0.2, -0.15) is 0 Å². The van der Waals surface area contributed by atoms with E-state index in [1.54, 1.807) is 12.1 Å². The average molecular weight is 375 g/mol. The van der Waals surface area contributed by atoms with E-state index in [9.17, 15) is 14.9 Å². The summed E-state index contributed by atoms with van der Waals surface area (Å²) in [7, 11) is 1.31. The highest BCUT2D eigenvalue weighted by Gasteiger charge is 2.14. The number of nitro groups is 1. The zero-order valence-corrected chi connectivity index (χ0v) is 15.1. The lowest BCUT2D eigenvalue weighted by Crippen LogP contribution is -2.02. The van der Waals surface area contributed by atoms with Crippen LogP contribution in [0.2, 0.25) is 0 Å². The Labute approximate surface area is 161 Å². The lowest BCUT2D eigenvalue weighted by atomic mass is 9.99. The highest BCUT2D eigenvalue weighted by molar-refractivity contribution is 6.15. The molecule has 140 valence electrons. The molecule has 0 aliphatic rings. The van der Waals surface area contributed by atoms with Gasteiger partial charge in [0.05, 0.1) is 17.6 Å². The van der Waals surface area contributed by atoms with Crippen molar-refractivity contribution in [3.05, 3.63) is 89.1 Å². The fourth-order valence-electron chi connectivity index (χ4n) is 2.68. The second-order valence-electron chi connectivity index (χ2n) is 5.88. The van der Waals surface area contributed by atoms with Crippen molar-refractivity contribution in [1.82, 2.24) is 4.98 Å². The molecular formula is C21H17N3O4. The van der Waals surface area contributed by atoms with Crippen LogP contribution in [0, 0.1) is 10.1 Å². The number of carbonyl (C=O) groups is 1. The van der Waals surface area contributed by atoms with Crippen molar-refractivity contribution < 1.29 is 14.5 Å². The second kappa shape index (κ2) is 8.13. The van der Waals surface area contributed by atoms with Crippen molar-refractivity contribution in [2.45, 2.75) is 0 Å². The summed E-state index contributed by atoms with van der Waals surface area (Å²) in [5, 5.41) is 14.1. The van der Waals surface area contributed by atoms with E-state index in [1.807, 2.05) is 36.4 Å². The zero-order chi connectivity index (χ0) is 20.1. The lowest BCUT2D eigenvalue weighted by molar-refractivity contribution is -0.384. The van der Waals surface area contributed by atoms with Crippen molar-refractivity contribution in [2.24, 2.45) is 0 Å². The molecule has 7 heteroatoms. The van der Waals surface area contributed by atoms with Crippen LogP contribution >= 0.6 is 0 Å². The van der Waals surface area contributed by atoms with Crippen LogP contribution in [0.25, 0.3) is 16.7 Å². The van der Waals surface area contributed by atoms with Crippen LogP contribution in [0.5, 0.6) is 0 Å². The summed E-state index contributed by atoms with van der Waals surface area (Å²) < 4.78 is 4.72. The number of carbonyl (C=O) groups excluding carboxylic acids is 1. The molecule has 0 radical (unpaired) electrons. The van der Waals surface area contributed by atoms with Crippen LogP contribution in [0.4, 0.5) is 17.2 Å². The van der Waals surface area contributed by atoms with Crippen LogP contribution in [0.1, 0.15) is 5.56 Å². The molecule has 7 nitrogen and oxygen atoms in total. The highest BCUT2D eigenvalue weighted by Crippen LogP contribution is 2.29. The van der Waals surface area contributed by atoms with E-state index in [4.69, 9.17) is 4.74 Å². The Morgan fingerprint density at radius 1 is 1.11 bits per heavy atom. The molecule has 1 aromatic heterocycles. The maximum absolute atomic E-state index is 11.7. The van der Waals surface area contributed by atoms with Gasteiger partial charge in [-0.1, -0.05) is 36.9 Å². The Morgan fingerprint density at radius 3 is 2.54 bits per heavy atom. The molecule has 3 aromatic rings. The zero-order valence-electron chi connectivity index (χ0n) is 15.1. The van der Waals surface area contributed by atoms with E-state index in [1.165, 1.54) is 25.4 Å². The number of methoxy groups -OCH3 is 1. The summed E-state index contributed by atoms with van der Waals surface area (Å²) in [4.78, 5) is 26.4. The monoisotopic (exact) mass is 375 g/mol. The first-order chi connectivity index (χ1) is 13.5. The third-order valence-electron chi connectivity index (χ3n) is 4.08. The van der Waals surface area contributed by atoms with Crippen LogP contribution in [-0.4, -0.2) is 23.0 Å². The predicted octanol–water partition coefficient (Wildman–Crippen LogP) is 4.59. The molecule has 0 bridgehead atoms. The molecule has 0 saturated carbocycles. The topological polar surface area (TPSA) is 94.4 Å². The third kappa shape index (κ3) is 4.04. The molecule has 28 heavy (non-hydrogen) atoms. The third-order valence-corrected chi connectivity index (χ3v) is 4.08. The number of pyridine rings is 1. The van der Waals surface area contributed by atoms with Gasteiger partial charge in [0.25, 0.3) is 0 Å². The standard InChI is InChI=1S/C21H17N3O4/c1-14(21(25)28-2)15-6-3-7-16(12-15)17-8-4-9-18(13-17)23-20-19(24(26)27)10-5-11-22-20/h3-13H,1H2,2H3,(H,22,23). The summed E-state index contributed by atoms with van der Waals surface area (Å²) in [5.74, 6) is -0.326. The number of benzene rings is 2. The minimum atomic E-state index is -0.491. The minimum Gasteiger partial charge on any atom is -0.465 e. The van der Waals surface area contributed by atoms with Crippen molar-refractivity contribution in [3.8, 4) is 11.1 Å². The van der Waals surface area contributed by atoms with Gasteiger partial charge in [-0.05, 0) is 41.0 Å². The number of ether oxygens (including phenoxy) is 1. The molecule has 0 unspecified atom stereocenters. The Kier molecular flexibility index (Phi) is 5.45. The molecule has 1 N–H and O–H groups in total. The maximum atomic E-state index is 11.7. The van der Waals surface area contributed by atoms with E-state index in [0.717, 1.165) is 11.1 Å². The van der Waals surface area contributed by atoms with Gasteiger partial charge < -0.3 is 10.1 Å². The quantitative estimate of drug-likeness (QED) is 0.293. The molecule has 0 aliphatic carbocycles.